The molecule has 0 aliphatic rings. The third-order valence-electron chi connectivity index (χ3n) is 4.72. The molecule has 0 fully saturated rings. The fourth-order valence-electron chi connectivity index (χ4n) is 2.92. The molecule has 8 heteroatoms. The molecule has 0 bridgehead atoms. The Hall–Kier alpha value is -1.70. The lowest BCUT2D eigenvalue weighted by Crippen LogP contribution is -2.29. The Kier molecular flexibility index (Phi) is 7.28. The number of ether oxygens (including phenoxy) is 1. The van der Waals surface area contributed by atoms with Crippen LogP contribution in [0.5, 0.6) is 5.75 Å². The Morgan fingerprint density at radius 2 is 1.97 bits per heavy atom. The van der Waals surface area contributed by atoms with E-state index < -0.39 is 0 Å². The molecule has 1 aromatic heterocycles. The molecular formula is C23H24Br2ClN3O2. The van der Waals surface area contributed by atoms with Crippen LogP contribution in [-0.2, 0) is 5.41 Å². The molecule has 1 atom stereocenters. The summed E-state index contributed by atoms with van der Waals surface area (Å²) in [4.78, 5) is 18.0. The second-order valence-electron chi connectivity index (χ2n) is 8.36. The molecule has 0 saturated carbocycles. The van der Waals surface area contributed by atoms with E-state index in [4.69, 9.17) is 21.3 Å². The third-order valence-corrected chi connectivity index (χ3v) is 6.08. The van der Waals surface area contributed by atoms with Gasteiger partial charge >= 0.3 is 0 Å². The highest BCUT2D eigenvalue weighted by Gasteiger charge is 2.23. The van der Waals surface area contributed by atoms with E-state index in [1.54, 1.807) is 18.3 Å². The zero-order chi connectivity index (χ0) is 22.9. The van der Waals surface area contributed by atoms with Gasteiger partial charge in [0.25, 0.3) is 5.56 Å². The van der Waals surface area contributed by atoms with E-state index in [0.717, 1.165) is 20.9 Å². The van der Waals surface area contributed by atoms with Gasteiger partial charge in [-0.3, -0.25) is 4.79 Å². The molecule has 31 heavy (non-hydrogen) atoms. The molecule has 0 aliphatic carbocycles. The molecule has 3 rings (SSSR count). The first kappa shape index (κ1) is 24.0. The van der Waals surface area contributed by atoms with Gasteiger partial charge in [-0.2, -0.15) is 9.78 Å². The zero-order valence-corrected chi connectivity index (χ0v) is 22.0. The number of benzene rings is 2. The third kappa shape index (κ3) is 5.38. The summed E-state index contributed by atoms with van der Waals surface area (Å²) in [5.41, 5.74) is 0.759. The standard InChI is InChI=1S/C23H24Br2ClN3O2/c1-6-13(2)31-20-17(25)9-14(10-18(20)26)12-27-29-21(30)16-11-15(24)7-8-19(16)28-22(29)23(3,4)5/h7-13H,6H2,1-5H3/t13-/m0/s1. The summed E-state index contributed by atoms with van der Waals surface area (Å²) in [5.74, 6) is 1.17. The second kappa shape index (κ2) is 9.43. The van der Waals surface area contributed by atoms with E-state index in [1.807, 2.05) is 52.8 Å². The summed E-state index contributed by atoms with van der Waals surface area (Å²) in [6.45, 7) is 10.0. The highest BCUT2D eigenvalue weighted by molar-refractivity contribution is 9.10. The van der Waals surface area contributed by atoms with E-state index in [0.29, 0.717) is 27.5 Å². The Morgan fingerprint density at radius 3 is 2.58 bits per heavy atom. The van der Waals surface area contributed by atoms with Crippen LogP contribution in [0.4, 0.5) is 0 Å². The molecule has 0 N–H and O–H groups in total. The highest BCUT2D eigenvalue weighted by Crippen LogP contribution is 2.35. The average Bonchev–Trinajstić information content (AvgIpc) is 2.69. The van der Waals surface area contributed by atoms with Gasteiger partial charge in [0, 0.05) is 9.89 Å². The normalized spacial score (nSPS) is 13.2. The summed E-state index contributed by atoms with van der Waals surface area (Å²) in [5, 5.41) is 5.46. The van der Waals surface area contributed by atoms with Gasteiger partial charge in [0.2, 0.25) is 0 Å². The van der Waals surface area contributed by atoms with Crippen molar-refractivity contribution >= 4 is 60.6 Å². The van der Waals surface area contributed by atoms with Crippen LogP contribution < -0.4 is 10.3 Å². The van der Waals surface area contributed by atoms with Crippen molar-refractivity contribution in [1.29, 1.82) is 0 Å². The van der Waals surface area contributed by atoms with Crippen LogP contribution in [0, 0.1) is 0 Å². The Morgan fingerprint density at radius 1 is 1.26 bits per heavy atom. The molecular weight excluding hydrogens is 546 g/mol. The maximum absolute atomic E-state index is 13.2. The maximum atomic E-state index is 13.2. The van der Waals surface area contributed by atoms with Crippen molar-refractivity contribution in [2.75, 3.05) is 0 Å². The quantitative estimate of drug-likeness (QED) is 0.313. The number of fused-ring (bicyclic) bond motifs is 1. The average molecular weight is 570 g/mol. The summed E-state index contributed by atoms with van der Waals surface area (Å²) in [6.07, 6.45) is 2.52. The number of aromatic nitrogens is 2. The van der Waals surface area contributed by atoms with Crippen LogP contribution >= 0.6 is 43.5 Å². The van der Waals surface area contributed by atoms with E-state index in [9.17, 15) is 4.79 Å². The predicted molar refractivity (Wildman–Crippen MR) is 135 cm³/mol. The Labute approximate surface area is 203 Å². The molecule has 164 valence electrons. The number of halogens is 3. The molecule has 1 heterocycles. The van der Waals surface area contributed by atoms with Crippen molar-refractivity contribution in [3.05, 3.63) is 66.0 Å². The van der Waals surface area contributed by atoms with Gasteiger partial charge in [-0.25, -0.2) is 4.98 Å². The lowest BCUT2D eigenvalue weighted by atomic mass is 9.95. The van der Waals surface area contributed by atoms with Crippen LogP contribution in [0.25, 0.3) is 10.9 Å². The predicted octanol–water partition coefficient (Wildman–Crippen LogP) is 6.93. The van der Waals surface area contributed by atoms with Gasteiger partial charge in [0.05, 0.1) is 32.7 Å². The first-order chi connectivity index (χ1) is 14.5. The Balaban J connectivity index is 2.10. The van der Waals surface area contributed by atoms with Crippen molar-refractivity contribution in [2.45, 2.75) is 52.6 Å². The van der Waals surface area contributed by atoms with Crippen molar-refractivity contribution < 1.29 is 4.74 Å². The summed E-state index contributed by atoms with van der Waals surface area (Å²) in [6, 6.07) is 9.09. The summed E-state index contributed by atoms with van der Waals surface area (Å²) >= 11 is 13.4. The maximum Gasteiger partial charge on any atom is 0.282 e. The van der Waals surface area contributed by atoms with Crippen LogP contribution in [0.3, 0.4) is 0 Å². The van der Waals surface area contributed by atoms with Gasteiger partial charge in [-0.15, -0.1) is 0 Å². The molecule has 0 spiro atoms. The largest absolute Gasteiger partial charge is 0.488 e. The zero-order valence-electron chi connectivity index (χ0n) is 18.0. The molecule has 0 saturated heterocycles. The van der Waals surface area contributed by atoms with Gasteiger partial charge in [0.1, 0.15) is 5.82 Å². The van der Waals surface area contributed by atoms with Gasteiger partial charge in [-0.05, 0) is 65.2 Å². The minimum Gasteiger partial charge on any atom is -0.488 e. The Bertz CT molecular complexity index is 1190. The monoisotopic (exact) mass is 567 g/mol. The van der Waals surface area contributed by atoms with Crippen molar-refractivity contribution in [3.8, 4) is 5.75 Å². The number of nitrogens with zero attached hydrogens (tertiary/aromatic N) is 3. The van der Waals surface area contributed by atoms with Gasteiger partial charge < -0.3 is 4.74 Å². The first-order valence-electron chi connectivity index (χ1n) is 9.94. The first-order valence-corrected chi connectivity index (χ1v) is 11.9. The molecule has 0 aliphatic heterocycles. The smallest absolute Gasteiger partial charge is 0.282 e. The fourth-order valence-corrected chi connectivity index (χ4v) is 4.24. The van der Waals surface area contributed by atoms with E-state index in [2.05, 4.69) is 37.0 Å². The van der Waals surface area contributed by atoms with Crippen LogP contribution in [0.1, 0.15) is 52.4 Å². The molecule has 5 nitrogen and oxygen atoms in total. The summed E-state index contributed by atoms with van der Waals surface area (Å²) in [7, 11) is 0. The minimum absolute atomic E-state index is 0.0456. The van der Waals surface area contributed by atoms with E-state index in [1.165, 1.54) is 4.68 Å². The van der Waals surface area contributed by atoms with Crippen LogP contribution in [0.2, 0.25) is 5.02 Å². The van der Waals surface area contributed by atoms with E-state index in [-0.39, 0.29) is 17.1 Å². The van der Waals surface area contributed by atoms with Crippen molar-refractivity contribution in [3.63, 3.8) is 0 Å². The minimum atomic E-state index is -0.385. The van der Waals surface area contributed by atoms with Crippen molar-refractivity contribution in [1.82, 2.24) is 9.66 Å². The van der Waals surface area contributed by atoms with Gasteiger partial charge in [-0.1, -0.05) is 55.2 Å². The van der Waals surface area contributed by atoms with E-state index >= 15 is 0 Å². The number of hydrogen-bond donors (Lipinski definition) is 0. The number of hydrogen-bond acceptors (Lipinski definition) is 4. The van der Waals surface area contributed by atoms with Gasteiger partial charge in [0.15, 0.2) is 5.75 Å². The highest BCUT2D eigenvalue weighted by atomic mass is 79.9. The molecule has 3 aromatic rings. The van der Waals surface area contributed by atoms with Crippen LogP contribution in [-0.4, -0.2) is 22.0 Å². The molecule has 0 amide bonds. The molecule has 2 aromatic carbocycles. The summed E-state index contributed by atoms with van der Waals surface area (Å²) < 4.78 is 8.79. The fraction of sp³-hybridized carbons (Fsp3) is 0.348. The SMILES string of the molecule is CC[C@H](C)Oc1c(Cl)cc(C=Nn2c(C(C)(C)C)nc3ccc(Br)cc3c2=O)cc1Br. The molecule has 0 radical (unpaired) electrons. The lowest BCUT2D eigenvalue weighted by molar-refractivity contribution is 0.216. The van der Waals surface area contributed by atoms with Crippen LogP contribution in [0.15, 0.2) is 49.2 Å². The van der Waals surface area contributed by atoms with Crippen molar-refractivity contribution in [2.24, 2.45) is 5.10 Å². The topological polar surface area (TPSA) is 56.5 Å². The second-order valence-corrected chi connectivity index (χ2v) is 10.5. The number of rotatable bonds is 5. The lowest BCUT2D eigenvalue weighted by Gasteiger charge is -2.21. The molecule has 0 unspecified atom stereocenters.